The average molecular weight is 288 g/mol. The molecule has 1 aromatic carbocycles. The molecule has 0 radical (unpaired) electrons. The predicted octanol–water partition coefficient (Wildman–Crippen LogP) is 4.14. The number of thiazole rings is 1. The fourth-order valence-corrected chi connectivity index (χ4v) is 3.53. The van der Waals surface area contributed by atoms with Gasteiger partial charge < -0.3 is 5.32 Å². The van der Waals surface area contributed by atoms with Gasteiger partial charge in [0.1, 0.15) is 5.01 Å². The molecule has 0 saturated heterocycles. The maximum atomic E-state index is 4.91. The van der Waals surface area contributed by atoms with E-state index in [1.54, 1.807) is 0 Å². The van der Waals surface area contributed by atoms with Crippen molar-refractivity contribution in [3.8, 4) is 0 Å². The Kier molecular flexibility index (Phi) is 4.95. The van der Waals surface area contributed by atoms with E-state index in [0.717, 1.165) is 19.5 Å². The molecule has 0 spiro atoms. The van der Waals surface area contributed by atoms with Crippen LogP contribution in [0.4, 0.5) is 0 Å². The second-order valence-electron chi connectivity index (χ2n) is 5.51. The molecule has 1 heterocycles. The van der Waals surface area contributed by atoms with Crippen LogP contribution in [-0.4, -0.2) is 11.5 Å². The number of hydrogen-bond donors (Lipinski definition) is 1. The highest BCUT2D eigenvalue weighted by atomic mass is 32.1. The first-order chi connectivity index (χ1) is 9.59. The highest BCUT2D eigenvalue weighted by molar-refractivity contribution is 7.12. The van der Waals surface area contributed by atoms with Crippen LogP contribution in [-0.2, 0) is 18.4 Å². The van der Waals surface area contributed by atoms with Crippen LogP contribution in [0.15, 0.2) is 30.3 Å². The van der Waals surface area contributed by atoms with Crippen LogP contribution in [0.5, 0.6) is 0 Å². The van der Waals surface area contributed by atoms with Crippen LogP contribution in [0.1, 0.15) is 48.8 Å². The van der Waals surface area contributed by atoms with Crippen molar-refractivity contribution >= 4 is 11.3 Å². The fraction of sp³-hybridized carbons (Fsp3) is 0.471. The van der Waals surface area contributed by atoms with E-state index in [1.165, 1.54) is 21.1 Å². The summed E-state index contributed by atoms with van der Waals surface area (Å²) in [6.45, 7) is 10.8. The summed E-state index contributed by atoms with van der Waals surface area (Å²) in [7, 11) is 0. The summed E-state index contributed by atoms with van der Waals surface area (Å²) in [5, 5.41) is 4.63. The minimum atomic E-state index is -0.0275. The van der Waals surface area contributed by atoms with Gasteiger partial charge in [0.15, 0.2) is 0 Å². The van der Waals surface area contributed by atoms with Crippen LogP contribution >= 0.6 is 11.3 Å². The summed E-state index contributed by atoms with van der Waals surface area (Å²) in [6, 6.07) is 10.7. The molecule has 0 amide bonds. The summed E-state index contributed by atoms with van der Waals surface area (Å²) >= 11 is 1.85. The largest absolute Gasteiger partial charge is 0.312 e. The zero-order valence-corrected chi connectivity index (χ0v) is 13.7. The lowest BCUT2D eigenvalue weighted by Crippen LogP contribution is -2.18. The van der Waals surface area contributed by atoms with Crippen molar-refractivity contribution in [3.05, 3.63) is 51.5 Å². The predicted molar refractivity (Wildman–Crippen MR) is 87.4 cm³/mol. The quantitative estimate of drug-likeness (QED) is 0.864. The molecule has 108 valence electrons. The minimum absolute atomic E-state index is 0.0275. The minimum Gasteiger partial charge on any atom is -0.312 e. The molecule has 0 atom stereocenters. The second-order valence-corrected chi connectivity index (χ2v) is 6.60. The van der Waals surface area contributed by atoms with Gasteiger partial charge in [0, 0.05) is 16.8 Å². The molecule has 1 N–H and O–H groups in total. The van der Waals surface area contributed by atoms with Crippen molar-refractivity contribution in [2.24, 2.45) is 0 Å². The van der Waals surface area contributed by atoms with Crippen LogP contribution in [0, 0.1) is 0 Å². The van der Waals surface area contributed by atoms with Crippen molar-refractivity contribution in [2.45, 2.75) is 46.1 Å². The summed E-state index contributed by atoms with van der Waals surface area (Å²) in [5.41, 5.74) is 2.54. The van der Waals surface area contributed by atoms with Crippen molar-refractivity contribution in [1.29, 1.82) is 0 Å². The molecule has 0 aliphatic rings. The van der Waals surface area contributed by atoms with Gasteiger partial charge in [-0.15, -0.1) is 11.3 Å². The lowest BCUT2D eigenvalue weighted by atomic mass is 9.85. The third kappa shape index (κ3) is 3.10. The monoisotopic (exact) mass is 288 g/mol. The van der Waals surface area contributed by atoms with Gasteiger partial charge in [-0.2, -0.15) is 0 Å². The van der Waals surface area contributed by atoms with Crippen LogP contribution in [0.2, 0.25) is 0 Å². The van der Waals surface area contributed by atoms with Crippen molar-refractivity contribution < 1.29 is 0 Å². The molecule has 0 fully saturated rings. The van der Waals surface area contributed by atoms with Gasteiger partial charge in [-0.25, -0.2) is 4.98 Å². The van der Waals surface area contributed by atoms with Gasteiger partial charge in [0.2, 0.25) is 0 Å². The average Bonchev–Trinajstić information content (AvgIpc) is 2.90. The molecule has 0 aliphatic heterocycles. The Balaban J connectivity index is 2.34. The zero-order valence-electron chi connectivity index (χ0n) is 12.9. The van der Waals surface area contributed by atoms with Gasteiger partial charge in [-0.3, -0.25) is 0 Å². The standard InChI is InChI=1S/C17H24N2S/c1-5-14-15(12-18-6-2)20-16(19-14)17(3,4)13-10-8-7-9-11-13/h7-11,18H,5-6,12H2,1-4H3. The Bertz CT molecular complexity index is 543. The maximum Gasteiger partial charge on any atom is 0.103 e. The summed E-state index contributed by atoms with van der Waals surface area (Å²) in [6.07, 6.45) is 1.00. The molecule has 2 nitrogen and oxygen atoms in total. The normalized spacial score (nSPS) is 11.8. The molecular weight excluding hydrogens is 264 g/mol. The Morgan fingerprint density at radius 1 is 1.15 bits per heavy atom. The zero-order chi connectivity index (χ0) is 14.6. The van der Waals surface area contributed by atoms with E-state index in [9.17, 15) is 0 Å². The third-order valence-electron chi connectivity index (χ3n) is 3.68. The van der Waals surface area contributed by atoms with E-state index in [-0.39, 0.29) is 5.41 Å². The smallest absolute Gasteiger partial charge is 0.103 e. The second kappa shape index (κ2) is 6.51. The van der Waals surface area contributed by atoms with Gasteiger partial charge in [-0.1, -0.05) is 44.2 Å². The first-order valence-corrected chi connectivity index (χ1v) is 8.16. The Morgan fingerprint density at radius 2 is 1.85 bits per heavy atom. The molecule has 0 saturated carbocycles. The summed E-state index contributed by atoms with van der Waals surface area (Å²) in [4.78, 5) is 6.29. The molecular formula is C17H24N2S. The van der Waals surface area contributed by atoms with E-state index >= 15 is 0 Å². The van der Waals surface area contributed by atoms with Gasteiger partial charge in [0.25, 0.3) is 0 Å². The number of nitrogens with zero attached hydrogens (tertiary/aromatic N) is 1. The maximum absolute atomic E-state index is 4.91. The van der Waals surface area contributed by atoms with E-state index < -0.39 is 0 Å². The van der Waals surface area contributed by atoms with Crippen molar-refractivity contribution in [3.63, 3.8) is 0 Å². The molecule has 2 rings (SSSR count). The van der Waals surface area contributed by atoms with Gasteiger partial charge >= 0.3 is 0 Å². The molecule has 20 heavy (non-hydrogen) atoms. The van der Waals surface area contributed by atoms with Crippen LogP contribution in [0.3, 0.4) is 0 Å². The topological polar surface area (TPSA) is 24.9 Å². The third-order valence-corrected chi connectivity index (χ3v) is 5.10. The first-order valence-electron chi connectivity index (χ1n) is 7.34. The van der Waals surface area contributed by atoms with E-state index in [2.05, 4.69) is 63.3 Å². The van der Waals surface area contributed by atoms with Crippen molar-refractivity contribution in [2.75, 3.05) is 6.54 Å². The Labute approximate surface area is 126 Å². The van der Waals surface area contributed by atoms with Gasteiger partial charge in [0.05, 0.1) is 5.69 Å². The molecule has 2 aromatic rings. The van der Waals surface area contributed by atoms with Crippen LogP contribution in [0.25, 0.3) is 0 Å². The molecule has 1 aromatic heterocycles. The molecule has 3 heteroatoms. The number of aromatic nitrogens is 1. The highest BCUT2D eigenvalue weighted by Crippen LogP contribution is 2.35. The lowest BCUT2D eigenvalue weighted by Gasteiger charge is -2.22. The number of hydrogen-bond acceptors (Lipinski definition) is 3. The molecule has 0 aliphatic carbocycles. The Hall–Kier alpha value is -1.19. The molecule has 0 bridgehead atoms. The molecule has 0 unspecified atom stereocenters. The number of nitrogens with one attached hydrogen (secondary N) is 1. The summed E-state index contributed by atoms with van der Waals surface area (Å²) in [5.74, 6) is 0. The fourth-order valence-electron chi connectivity index (χ4n) is 2.28. The van der Waals surface area contributed by atoms with Gasteiger partial charge in [-0.05, 0) is 32.4 Å². The van der Waals surface area contributed by atoms with Crippen molar-refractivity contribution in [1.82, 2.24) is 10.3 Å². The highest BCUT2D eigenvalue weighted by Gasteiger charge is 2.27. The van der Waals surface area contributed by atoms with E-state index in [1.807, 2.05) is 11.3 Å². The van der Waals surface area contributed by atoms with Crippen LogP contribution < -0.4 is 5.32 Å². The number of aryl methyl sites for hydroxylation is 1. The Morgan fingerprint density at radius 3 is 2.45 bits per heavy atom. The number of benzene rings is 1. The van der Waals surface area contributed by atoms with E-state index in [0.29, 0.717) is 0 Å². The summed E-state index contributed by atoms with van der Waals surface area (Å²) < 4.78 is 0. The lowest BCUT2D eigenvalue weighted by molar-refractivity contribution is 0.631. The number of rotatable bonds is 6. The SMILES string of the molecule is CCNCc1sc(C(C)(C)c2ccccc2)nc1CC. The van der Waals surface area contributed by atoms with E-state index in [4.69, 9.17) is 4.98 Å². The first kappa shape index (κ1) is 15.2.